The lowest BCUT2D eigenvalue weighted by atomic mass is 10.1. The molecule has 2 aromatic carbocycles. The zero-order valence-electron chi connectivity index (χ0n) is 16.4. The van der Waals surface area contributed by atoms with Crippen LogP contribution in [-0.2, 0) is 21.3 Å². The van der Waals surface area contributed by atoms with Crippen LogP contribution in [0.25, 0.3) is 0 Å². The fourth-order valence-electron chi connectivity index (χ4n) is 2.85. The molecule has 1 N–H and O–H groups in total. The third-order valence-corrected chi connectivity index (χ3v) is 5.81. The summed E-state index contributed by atoms with van der Waals surface area (Å²) in [6.45, 7) is 2.99. The molecule has 154 valence electrons. The number of hydrogen-bond donors (Lipinski definition) is 1. The van der Waals surface area contributed by atoms with Crippen molar-refractivity contribution < 1.29 is 17.9 Å². The normalized spacial score (nSPS) is 12.6. The number of sulfonamides is 1. The van der Waals surface area contributed by atoms with Gasteiger partial charge in [0.05, 0.1) is 24.1 Å². The van der Waals surface area contributed by atoms with E-state index in [-0.39, 0.29) is 4.90 Å². The van der Waals surface area contributed by atoms with Gasteiger partial charge in [0, 0.05) is 7.11 Å². The van der Waals surface area contributed by atoms with Gasteiger partial charge in [0.1, 0.15) is 25.0 Å². The quantitative estimate of drug-likeness (QED) is 0.510. The van der Waals surface area contributed by atoms with Crippen LogP contribution < -0.4 is 9.46 Å². The molecule has 3 rings (SSSR count). The van der Waals surface area contributed by atoms with Gasteiger partial charge in [-0.25, -0.2) is 18.1 Å². The summed E-state index contributed by atoms with van der Waals surface area (Å²) in [6.07, 6.45) is 2.97. The Balaban J connectivity index is 1.82. The summed E-state index contributed by atoms with van der Waals surface area (Å²) in [5.41, 5.74) is 1.57. The van der Waals surface area contributed by atoms with Crippen molar-refractivity contribution in [2.24, 2.45) is 0 Å². The Morgan fingerprint density at radius 2 is 1.93 bits per heavy atom. The molecule has 1 heterocycles. The molecule has 0 fully saturated rings. The lowest BCUT2D eigenvalue weighted by Gasteiger charge is -2.19. The van der Waals surface area contributed by atoms with Crippen LogP contribution in [0.5, 0.6) is 5.75 Å². The predicted octanol–water partition coefficient (Wildman–Crippen LogP) is 2.33. The van der Waals surface area contributed by atoms with Gasteiger partial charge in [0.2, 0.25) is 10.0 Å². The molecule has 0 radical (unpaired) electrons. The largest absolute Gasteiger partial charge is 0.491 e. The van der Waals surface area contributed by atoms with Crippen molar-refractivity contribution in [2.75, 3.05) is 20.3 Å². The standard InChI is InChI=1S/C20H24N4O4S/c1-16-12-18(8-9-20(16)28-11-10-27-2)29(25,26)23-19(13-24-15-21-14-22-24)17-6-4-3-5-7-17/h3-9,12,14-15,19,23H,10-11,13H2,1-2H3. The van der Waals surface area contributed by atoms with Gasteiger partial charge in [-0.2, -0.15) is 5.10 Å². The third kappa shape index (κ3) is 5.63. The highest BCUT2D eigenvalue weighted by molar-refractivity contribution is 7.89. The van der Waals surface area contributed by atoms with E-state index < -0.39 is 16.1 Å². The van der Waals surface area contributed by atoms with Gasteiger partial charge in [0.15, 0.2) is 0 Å². The Morgan fingerprint density at radius 1 is 1.14 bits per heavy atom. The summed E-state index contributed by atoms with van der Waals surface area (Å²) in [7, 11) is -2.17. The average molecular weight is 417 g/mol. The maximum atomic E-state index is 13.1. The van der Waals surface area contributed by atoms with Crippen molar-refractivity contribution in [2.45, 2.75) is 24.4 Å². The van der Waals surface area contributed by atoms with E-state index in [0.29, 0.717) is 25.5 Å². The Bertz CT molecular complexity index is 1010. The Labute approximate surface area is 170 Å². The molecule has 1 unspecified atom stereocenters. The van der Waals surface area contributed by atoms with Crippen molar-refractivity contribution in [1.82, 2.24) is 19.5 Å². The number of aromatic nitrogens is 3. The lowest BCUT2D eigenvalue weighted by molar-refractivity contribution is 0.146. The van der Waals surface area contributed by atoms with E-state index in [1.807, 2.05) is 37.3 Å². The Kier molecular flexibility index (Phi) is 6.97. The monoisotopic (exact) mass is 416 g/mol. The molecule has 8 nitrogen and oxygen atoms in total. The minimum atomic E-state index is -3.77. The van der Waals surface area contributed by atoms with Gasteiger partial charge >= 0.3 is 0 Å². The summed E-state index contributed by atoms with van der Waals surface area (Å²) in [5, 5.41) is 4.09. The molecule has 0 amide bonds. The zero-order chi connectivity index (χ0) is 20.7. The van der Waals surface area contributed by atoms with Crippen molar-refractivity contribution in [1.29, 1.82) is 0 Å². The van der Waals surface area contributed by atoms with Gasteiger partial charge in [0.25, 0.3) is 0 Å². The van der Waals surface area contributed by atoms with E-state index in [4.69, 9.17) is 9.47 Å². The minimum absolute atomic E-state index is 0.175. The van der Waals surface area contributed by atoms with Gasteiger partial charge in [-0.05, 0) is 36.2 Å². The maximum Gasteiger partial charge on any atom is 0.241 e. The van der Waals surface area contributed by atoms with E-state index in [0.717, 1.165) is 11.1 Å². The number of methoxy groups -OCH3 is 1. The fraction of sp³-hybridized carbons (Fsp3) is 0.300. The summed E-state index contributed by atoms with van der Waals surface area (Å²) >= 11 is 0. The molecule has 0 aliphatic carbocycles. The molecule has 9 heteroatoms. The molecular weight excluding hydrogens is 392 g/mol. The van der Waals surface area contributed by atoms with E-state index in [1.165, 1.54) is 12.4 Å². The number of hydrogen-bond acceptors (Lipinski definition) is 6. The van der Waals surface area contributed by atoms with Crippen molar-refractivity contribution in [3.05, 3.63) is 72.3 Å². The van der Waals surface area contributed by atoms with Crippen LogP contribution in [0, 0.1) is 6.92 Å². The van der Waals surface area contributed by atoms with Crippen molar-refractivity contribution in [3.63, 3.8) is 0 Å². The Morgan fingerprint density at radius 3 is 2.59 bits per heavy atom. The number of aryl methyl sites for hydroxylation is 1. The molecule has 29 heavy (non-hydrogen) atoms. The summed E-state index contributed by atoms with van der Waals surface area (Å²) in [5.74, 6) is 0.628. The first-order valence-corrected chi connectivity index (χ1v) is 10.6. The molecular formula is C20H24N4O4S. The molecule has 0 aliphatic rings. The first kappa shape index (κ1) is 21.0. The molecule has 0 bridgehead atoms. The Hall–Kier alpha value is -2.75. The summed E-state index contributed by atoms with van der Waals surface area (Å²) in [4.78, 5) is 4.10. The molecule has 0 saturated carbocycles. The second-order valence-corrected chi connectivity index (χ2v) is 8.18. The van der Waals surface area contributed by atoms with Crippen LogP contribution in [0.15, 0.2) is 66.1 Å². The van der Waals surface area contributed by atoms with Gasteiger partial charge < -0.3 is 9.47 Å². The fourth-order valence-corrected chi connectivity index (χ4v) is 4.15. The second kappa shape index (κ2) is 9.64. The highest BCUT2D eigenvalue weighted by atomic mass is 32.2. The number of rotatable bonds is 10. The van der Waals surface area contributed by atoms with Crippen molar-refractivity contribution >= 4 is 10.0 Å². The van der Waals surface area contributed by atoms with Crippen LogP contribution in [0.2, 0.25) is 0 Å². The van der Waals surface area contributed by atoms with Crippen LogP contribution in [-0.4, -0.2) is 43.5 Å². The highest BCUT2D eigenvalue weighted by Gasteiger charge is 2.23. The smallest absolute Gasteiger partial charge is 0.241 e. The number of benzene rings is 2. The maximum absolute atomic E-state index is 13.1. The second-order valence-electron chi connectivity index (χ2n) is 6.47. The van der Waals surface area contributed by atoms with Crippen LogP contribution in [0.3, 0.4) is 0 Å². The van der Waals surface area contributed by atoms with Crippen LogP contribution >= 0.6 is 0 Å². The molecule has 1 aromatic heterocycles. The first-order valence-electron chi connectivity index (χ1n) is 9.11. The summed E-state index contributed by atoms with van der Waals surface area (Å²) < 4.78 is 41.1. The molecule has 0 saturated heterocycles. The predicted molar refractivity (Wildman–Crippen MR) is 108 cm³/mol. The topological polar surface area (TPSA) is 95.3 Å². The van der Waals surface area contributed by atoms with Gasteiger partial charge in [-0.15, -0.1) is 0 Å². The molecule has 0 spiro atoms. The molecule has 3 aromatic rings. The number of nitrogens with one attached hydrogen (secondary N) is 1. The molecule has 1 atom stereocenters. The van der Waals surface area contributed by atoms with E-state index in [9.17, 15) is 8.42 Å². The summed E-state index contributed by atoms with van der Waals surface area (Å²) in [6, 6.07) is 13.7. The van der Waals surface area contributed by atoms with Crippen LogP contribution in [0.4, 0.5) is 0 Å². The third-order valence-electron chi connectivity index (χ3n) is 4.34. The van der Waals surface area contributed by atoms with E-state index in [2.05, 4.69) is 14.8 Å². The number of nitrogens with zero attached hydrogens (tertiary/aromatic N) is 3. The van der Waals surface area contributed by atoms with Gasteiger partial charge in [-0.3, -0.25) is 4.68 Å². The average Bonchev–Trinajstić information content (AvgIpc) is 3.22. The van der Waals surface area contributed by atoms with E-state index in [1.54, 1.807) is 30.3 Å². The highest BCUT2D eigenvalue weighted by Crippen LogP contribution is 2.24. The van der Waals surface area contributed by atoms with Gasteiger partial charge in [-0.1, -0.05) is 30.3 Å². The van der Waals surface area contributed by atoms with Crippen LogP contribution in [0.1, 0.15) is 17.2 Å². The molecule has 0 aliphatic heterocycles. The van der Waals surface area contributed by atoms with Crippen molar-refractivity contribution in [3.8, 4) is 5.75 Å². The SMILES string of the molecule is COCCOc1ccc(S(=O)(=O)NC(Cn2cncn2)c2ccccc2)cc1C. The lowest BCUT2D eigenvalue weighted by Crippen LogP contribution is -2.31. The first-order chi connectivity index (χ1) is 14.0. The van der Waals surface area contributed by atoms with E-state index >= 15 is 0 Å². The number of ether oxygens (including phenoxy) is 2. The minimum Gasteiger partial charge on any atom is -0.491 e. The zero-order valence-corrected chi connectivity index (χ0v) is 17.2.